The number of piperidine rings is 1. The first-order valence-corrected chi connectivity index (χ1v) is 7.26. The Kier molecular flexibility index (Phi) is 2.85. The van der Waals surface area contributed by atoms with Crippen LogP contribution in [0.1, 0.15) is 26.7 Å². The summed E-state index contributed by atoms with van der Waals surface area (Å²) in [6.07, 6.45) is 2.07. The summed E-state index contributed by atoms with van der Waals surface area (Å²) < 4.78 is 14.0. The molecule has 1 fully saturated rings. The predicted octanol–water partition coefficient (Wildman–Crippen LogP) is 3.54. The van der Waals surface area contributed by atoms with Crippen molar-refractivity contribution in [3.63, 3.8) is 0 Å². The predicted molar refractivity (Wildman–Crippen MR) is 76.9 cm³/mol. The van der Waals surface area contributed by atoms with Crippen LogP contribution in [0.2, 0.25) is 0 Å². The molecule has 2 aliphatic heterocycles. The zero-order valence-electron chi connectivity index (χ0n) is 11.0. The molecular formula is C14H16BrFN2O. The normalized spacial score (nSPS) is 24.5. The Balaban J connectivity index is 2.12. The summed E-state index contributed by atoms with van der Waals surface area (Å²) in [6.45, 7) is 5.08. The summed E-state index contributed by atoms with van der Waals surface area (Å²) >= 11 is 3.22. The van der Waals surface area contributed by atoms with E-state index >= 15 is 0 Å². The van der Waals surface area contributed by atoms with E-state index in [0.717, 1.165) is 25.1 Å². The summed E-state index contributed by atoms with van der Waals surface area (Å²) in [5.41, 5.74) is 1.41. The van der Waals surface area contributed by atoms with Crippen LogP contribution in [0, 0.1) is 11.2 Å². The zero-order valence-corrected chi connectivity index (χ0v) is 12.6. The minimum atomic E-state index is -0.353. The Bertz CT molecular complexity index is 559. The highest BCUT2D eigenvalue weighted by Crippen LogP contribution is 2.44. The van der Waals surface area contributed by atoms with Crippen LogP contribution in [-0.2, 0) is 4.79 Å². The highest BCUT2D eigenvalue weighted by Gasteiger charge is 2.45. The van der Waals surface area contributed by atoms with Crippen LogP contribution in [0.5, 0.6) is 0 Å². The molecular weight excluding hydrogens is 311 g/mol. The van der Waals surface area contributed by atoms with Crippen LogP contribution >= 0.6 is 15.9 Å². The van der Waals surface area contributed by atoms with E-state index in [0.29, 0.717) is 10.2 Å². The lowest BCUT2D eigenvalue weighted by molar-refractivity contribution is -0.120. The van der Waals surface area contributed by atoms with E-state index in [4.69, 9.17) is 0 Å². The van der Waals surface area contributed by atoms with Gasteiger partial charge in [0, 0.05) is 12.6 Å². The van der Waals surface area contributed by atoms with Crippen molar-refractivity contribution in [2.75, 3.05) is 16.8 Å². The third-order valence-corrected chi connectivity index (χ3v) is 4.73. The van der Waals surface area contributed by atoms with Gasteiger partial charge in [-0.1, -0.05) is 13.8 Å². The van der Waals surface area contributed by atoms with Crippen LogP contribution in [0.4, 0.5) is 15.8 Å². The second-order valence-corrected chi connectivity index (χ2v) is 6.82. The third-order valence-electron chi connectivity index (χ3n) is 4.13. The summed E-state index contributed by atoms with van der Waals surface area (Å²) in [5.74, 6) is -0.382. The summed E-state index contributed by atoms with van der Waals surface area (Å²) in [7, 11) is 0. The van der Waals surface area contributed by atoms with Gasteiger partial charge in [0.15, 0.2) is 0 Å². The molecule has 0 saturated carbocycles. The van der Waals surface area contributed by atoms with Crippen molar-refractivity contribution < 1.29 is 9.18 Å². The Labute approximate surface area is 120 Å². The van der Waals surface area contributed by atoms with Crippen molar-refractivity contribution in [3.8, 4) is 0 Å². The van der Waals surface area contributed by atoms with E-state index in [2.05, 4.69) is 40.0 Å². The number of nitrogens with one attached hydrogen (secondary N) is 1. The average molecular weight is 327 g/mol. The molecule has 102 valence electrons. The standard InChI is InChI=1S/C14H16BrFN2O/c1-14(2)4-3-5-18-11-6-8(15)9(16)7-10(11)17-13(19)12(14)18/h6-7,12H,3-5H2,1-2H3,(H,17,19). The molecule has 2 heterocycles. The molecule has 0 radical (unpaired) electrons. The Morgan fingerprint density at radius 2 is 2.21 bits per heavy atom. The van der Waals surface area contributed by atoms with Gasteiger partial charge in [0.05, 0.1) is 15.8 Å². The fourth-order valence-corrected chi connectivity index (χ4v) is 3.56. The number of rotatable bonds is 0. The second-order valence-electron chi connectivity index (χ2n) is 5.96. The molecule has 3 nitrogen and oxygen atoms in total. The quantitative estimate of drug-likeness (QED) is 0.791. The number of hydrogen-bond donors (Lipinski definition) is 1. The number of fused-ring (bicyclic) bond motifs is 3. The minimum Gasteiger partial charge on any atom is -0.357 e. The topological polar surface area (TPSA) is 32.3 Å². The Hall–Kier alpha value is -1.10. The molecule has 0 aromatic heterocycles. The third kappa shape index (κ3) is 1.95. The van der Waals surface area contributed by atoms with Crippen molar-refractivity contribution in [2.45, 2.75) is 32.7 Å². The number of anilines is 2. The molecule has 1 aromatic rings. The number of carbonyl (C=O) groups is 1. The van der Waals surface area contributed by atoms with Crippen LogP contribution in [-0.4, -0.2) is 18.5 Å². The number of amides is 1. The molecule has 1 amide bonds. The van der Waals surface area contributed by atoms with Crippen LogP contribution in [0.3, 0.4) is 0 Å². The number of hydrogen-bond acceptors (Lipinski definition) is 2. The molecule has 1 N–H and O–H groups in total. The minimum absolute atomic E-state index is 0.0288. The Morgan fingerprint density at radius 1 is 1.47 bits per heavy atom. The van der Waals surface area contributed by atoms with Crippen LogP contribution in [0.15, 0.2) is 16.6 Å². The van der Waals surface area contributed by atoms with Gasteiger partial charge in [-0.3, -0.25) is 4.79 Å². The van der Waals surface area contributed by atoms with Gasteiger partial charge < -0.3 is 10.2 Å². The van der Waals surface area contributed by atoms with E-state index in [1.165, 1.54) is 6.07 Å². The van der Waals surface area contributed by atoms with Gasteiger partial charge in [-0.05, 0) is 40.3 Å². The second kappa shape index (κ2) is 4.20. The van der Waals surface area contributed by atoms with Crippen molar-refractivity contribution in [1.82, 2.24) is 0 Å². The molecule has 1 saturated heterocycles. The maximum Gasteiger partial charge on any atom is 0.247 e. The van der Waals surface area contributed by atoms with E-state index in [1.807, 2.05) is 0 Å². The van der Waals surface area contributed by atoms with Gasteiger partial charge in [0.25, 0.3) is 0 Å². The zero-order chi connectivity index (χ0) is 13.8. The Morgan fingerprint density at radius 3 is 2.95 bits per heavy atom. The molecule has 2 aliphatic rings. The maximum absolute atomic E-state index is 13.6. The van der Waals surface area contributed by atoms with Gasteiger partial charge in [-0.2, -0.15) is 0 Å². The molecule has 0 bridgehead atoms. The highest BCUT2D eigenvalue weighted by atomic mass is 79.9. The molecule has 5 heteroatoms. The van der Waals surface area contributed by atoms with Crippen LogP contribution < -0.4 is 10.2 Å². The van der Waals surface area contributed by atoms with Crippen molar-refractivity contribution in [3.05, 3.63) is 22.4 Å². The van der Waals surface area contributed by atoms with Crippen molar-refractivity contribution >= 4 is 33.2 Å². The van der Waals surface area contributed by atoms with Gasteiger partial charge in [-0.25, -0.2) is 4.39 Å². The van der Waals surface area contributed by atoms with E-state index in [-0.39, 0.29) is 23.2 Å². The van der Waals surface area contributed by atoms with Gasteiger partial charge in [-0.15, -0.1) is 0 Å². The lowest BCUT2D eigenvalue weighted by Gasteiger charge is -2.49. The summed E-state index contributed by atoms with van der Waals surface area (Å²) in [6, 6.07) is 2.97. The number of carbonyl (C=O) groups excluding carboxylic acids is 1. The molecule has 1 aromatic carbocycles. The lowest BCUT2D eigenvalue weighted by Crippen LogP contribution is -2.58. The molecule has 1 unspecified atom stereocenters. The van der Waals surface area contributed by atoms with E-state index in [1.54, 1.807) is 6.07 Å². The summed E-state index contributed by atoms with van der Waals surface area (Å²) in [4.78, 5) is 14.4. The fraction of sp³-hybridized carbons (Fsp3) is 0.500. The largest absolute Gasteiger partial charge is 0.357 e. The summed E-state index contributed by atoms with van der Waals surface area (Å²) in [5, 5.41) is 2.84. The first kappa shape index (κ1) is 12.9. The molecule has 19 heavy (non-hydrogen) atoms. The first-order chi connectivity index (χ1) is 8.90. The average Bonchev–Trinajstić information content (AvgIpc) is 2.31. The molecule has 3 rings (SSSR count). The SMILES string of the molecule is CC1(C)CCCN2c3cc(Br)c(F)cc3NC(=O)C21. The van der Waals surface area contributed by atoms with Crippen molar-refractivity contribution in [2.24, 2.45) is 5.41 Å². The number of benzene rings is 1. The van der Waals surface area contributed by atoms with Gasteiger partial charge in [0.2, 0.25) is 5.91 Å². The number of nitrogens with zero attached hydrogens (tertiary/aromatic N) is 1. The maximum atomic E-state index is 13.6. The first-order valence-electron chi connectivity index (χ1n) is 6.47. The highest BCUT2D eigenvalue weighted by molar-refractivity contribution is 9.10. The van der Waals surface area contributed by atoms with Gasteiger partial charge in [0.1, 0.15) is 11.9 Å². The van der Waals surface area contributed by atoms with Gasteiger partial charge >= 0.3 is 0 Å². The smallest absolute Gasteiger partial charge is 0.247 e. The monoisotopic (exact) mass is 326 g/mol. The number of halogens is 2. The fourth-order valence-electron chi connectivity index (χ4n) is 3.22. The van der Waals surface area contributed by atoms with E-state index in [9.17, 15) is 9.18 Å². The van der Waals surface area contributed by atoms with E-state index < -0.39 is 0 Å². The lowest BCUT2D eigenvalue weighted by atomic mass is 9.75. The molecule has 1 atom stereocenters. The molecule has 0 aliphatic carbocycles. The van der Waals surface area contributed by atoms with Crippen molar-refractivity contribution in [1.29, 1.82) is 0 Å². The van der Waals surface area contributed by atoms with Crippen LogP contribution in [0.25, 0.3) is 0 Å². The molecule has 0 spiro atoms.